The quantitative estimate of drug-likeness (QED) is 0.817. The van der Waals surface area contributed by atoms with Crippen LogP contribution in [0.4, 0.5) is 0 Å². The molecule has 1 saturated heterocycles. The Morgan fingerprint density at radius 3 is 2.48 bits per heavy atom. The van der Waals surface area contributed by atoms with Gasteiger partial charge in [0.25, 0.3) is 0 Å². The zero-order chi connectivity index (χ0) is 16.2. The fraction of sp³-hybridized carbons (Fsp3) is 0.588. The number of hydrogen-bond donors (Lipinski definition) is 1. The third kappa shape index (κ3) is 5.45. The molecule has 6 heteroatoms. The number of benzene rings is 1. The molecule has 0 saturated carbocycles. The average Bonchev–Trinajstić information content (AvgIpc) is 2.53. The van der Waals surface area contributed by atoms with E-state index in [1.165, 1.54) is 0 Å². The predicted molar refractivity (Wildman–Crippen MR) is 98.7 cm³/mol. The molecule has 1 aromatic rings. The summed E-state index contributed by atoms with van der Waals surface area (Å²) in [5.74, 6) is 0.614. The number of ether oxygens (including phenoxy) is 1. The molecule has 1 amide bonds. The van der Waals surface area contributed by atoms with Crippen LogP contribution < -0.4 is 5.73 Å². The number of carbonyl (C=O) groups is 1. The van der Waals surface area contributed by atoms with Crippen molar-refractivity contribution in [2.24, 2.45) is 11.7 Å². The van der Waals surface area contributed by atoms with Crippen LogP contribution in [0.2, 0.25) is 0 Å². The number of amides is 1. The lowest BCUT2D eigenvalue weighted by Crippen LogP contribution is -2.50. The lowest BCUT2D eigenvalue weighted by Gasteiger charge is -2.31. The van der Waals surface area contributed by atoms with Crippen LogP contribution in [0.3, 0.4) is 0 Å². The highest BCUT2D eigenvalue weighted by atomic mass is 79.9. The number of likely N-dealkylation sites (N-methyl/N-ethyl adjacent to an activating group) is 1. The fourth-order valence-electron chi connectivity index (χ4n) is 2.83. The van der Waals surface area contributed by atoms with Crippen molar-refractivity contribution >= 4 is 34.2 Å². The zero-order valence-corrected chi connectivity index (χ0v) is 16.2. The van der Waals surface area contributed by atoms with Gasteiger partial charge in [-0.1, -0.05) is 28.1 Å². The topological polar surface area (TPSA) is 55.6 Å². The van der Waals surface area contributed by atoms with Gasteiger partial charge in [-0.15, -0.1) is 12.4 Å². The van der Waals surface area contributed by atoms with E-state index in [4.69, 9.17) is 10.5 Å². The molecule has 0 aromatic heterocycles. The van der Waals surface area contributed by atoms with E-state index in [0.717, 1.165) is 49.1 Å². The van der Waals surface area contributed by atoms with E-state index >= 15 is 0 Å². The molecule has 23 heavy (non-hydrogen) atoms. The third-order valence-electron chi connectivity index (χ3n) is 4.45. The molecule has 2 N–H and O–H groups in total. The Morgan fingerprint density at radius 2 is 1.91 bits per heavy atom. The average molecular weight is 406 g/mol. The summed E-state index contributed by atoms with van der Waals surface area (Å²) in [7, 11) is 1.84. The minimum Gasteiger partial charge on any atom is -0.381 e. The second kappa shape index (κ2) is 9.02. The van der Waals surface area contributed by atoms with Crippen LogP contribution in [-0.4, -0.2) is 37.6 Å². The van der Waals surface area contributed by atoms with Crippen molar-refractivity contribution in [3.05, 3.63) is 34.3 Å². The summed E-state index contributed by atoms with van der Waals surface area (Å²) in [6.07, 6.45) is 3.20. The molecule has 0 aliphatic carbocycles. The van der Waals surface area contributed by atoms with E-state index in [2.05, 4.69) is 15.9 Å². The second-order valence-corrected chi connectivity index (χ2v) is 7.20. The molecule has 1 aliphatic rings. The van der Waals surface area contributed by atoms with E-state index in [0.29, 0.717) is 5.92 Å². The summed E-state index contributed by atoms with van der Waals surface area (Å²) in [6, 6.07) is 7.62. The lowest BCUT2D eigenvalue weighted by molar-refractivity contribution is -0.135. The molecule has 1 aliphatic heterocycles. The predicted octanol–water partition coefficient (Wildman–Crippen LogP) is 3.32. The maximum Gasteiger partial charge on any atom is 0.246 e. The first-order valence-corrected chi connectivity index (χ1v) is 8.59. The first-order chi connectivity index (χ1) is 10.4. The van der Waals surface area contributed by atoms with Gasteiger partial charge >= 0.3 is 0 Å². The summed E-state index contributed by atoms with van der Waals surface area (Å²) in [5, 5.41) is 0. The van der Waals surface area contributed by atoms with Crippen LogP contribution in [0.15, 0.2) is 28.7 Å². The normalized spacial score (nSPS) is 17.9. The van der Waals surface area contributed by atoms with Crippen LogP contribution in [0.1, 0.15) is 31.7 Å². The van der Waals surface area contributed by atoms with Gasteiger partial charge in [0.05, 0.1) is 0 Å². The number of rotatable bonds is 5. The molecule has 0 radical (unpaired) electrons. The van der Waals surface area contributed by atoms with Crippen LogP contribution >= 0.6 is 28.3 Å². The molecular formula is C17H26BrClN2O2. The molecule has 1 atom stereocenters. The highest BCUT2D eigenvalue weighted by molar-refractivity contribution is 9.10. The highest BCUT2D eigenvalue weighted by Gasteiger charge is 2.33. The van der Waals surface area contributed by atoms with Crippen molar-refractivity contribution in [1.29, 1.82) is 0 Å². The maximum absolute atomic E-state index is 12.7. The van der Waals surface area contributed by atoms with Crippen molar-refractivity contribution in [3.8, 4) is 0 Å². The van der Waals surface area contributed by atoms with Gasteiger partial charge in [0.15, 0.2) is 0 Å². The molecule has 4 nitrogen and oxygen atoms in total. The fourth-order valence-corrected chi connectivity index (χ4v) is 3.09. The van der Waals surface area contributed by atoms with Crippen LogP contribution in [0.5, 0.6) is 0 Å². The second-order valence-electron chi connectivity index (χ2n) is 6.28. The van der Waals surface area contributed by atoms with Gasteiger partial charge in [0, 0.05) is 31.3 Å². The Balaban J connectivity index is 0.00000264. The highest BCUT2D eigenvalue weighted by Crippen LogP contribution is 2.24. The van der Waals surface area contributed by atoms with Gasteiger partial charge < -0.3 is 15.4 Å². The zero-order valence-electron chi connectivity index (χ0n) is 13.8. The van der Waals surface area contributed by atoms with Crippen molar-refractivity contribution in [1.82, 2.24) is 4.90 Å². The Hall–Kier alpha value is -0.620. The number of nitrogens with zero attached hydrogens (tertiary/aromatic N) is 1. The Bertz CT molecular complexity index is 502. The van der Waals surface area contributed by atoms with Crippen molar-refractivity contribution in [2.45, 2.75) is 31.7 Å². The van der Waals surface area contributed by atoms with Gasteiger partial charge in [0.2, 0.25) is 5.91 Å². The number of carbonyl (C=O) groups excluding carboxylic acids is 1. The van der Waals surface area contributed by atoms with Gasteiger partial charge in [0.1, 0.15) is 5.54 Å². The minimum atomic E-state index is -0.995. The summed E-state index contributed by atoms with van der Waals surface area (Å²) in [6.45, 7) is 4.21. The third-order valence-corrected chi connectivity index (χ3v) is 4.98. The molecular weight excluding hydrogens is 380 g/mol. The van der Waals surface area contributed by atoms with Crippen molar-refractivity contribution in [3.63, 3.8) is 0 Å². The number of halogens is 2. The summed E-state index contributed by atoms with van der Waals surface area (Å²) >= 11 is 3.40. The van der Waals surface area contributed by atoms with Crippen molar-refractivity contribution in [2.75, 3.05) is 26.8 Å². The molecule has 2 rings (SSSR count). The summed E-state index contributed by atoms with van der Waals surface area (Å²) < 4.78 is 6.35. The molecule has 1 fully saturated rings. The SMILES string of the molecule is CN(CCC1CCOCC1)C(=O)C(C)(N)c1ccc(Br)cc1.Cl. The summed E-state index contributed by atoms with van der Waals surface area (Å²) in [4.78, 5) is 14.4. The first-order valence-electron chi connectivity index (χ1n) is 7.79. The Morgan fingerprint density at radius 1 is 1.35 bits per heavy atom. The number of nitrogens with two attached hydrogens (primary N) is 1. The molecule has 130 valence electrons. The molecule has 1 unspecified atom stereocenters. The molecule has 0 spiro atoms. The summed E-state index contributed by atoms with van der Waals surface area (Å²) in [5.41, 5.74) is 6.15. The van der Waals surface area contributed by atoms with Gasteiger partial charge in [-0.3, -0.25) is 4.79 Å². The van der Waals surface area contributed by atoms with E-state index in [-0.39, 0.29) is 18.3 Å². The van der Waals surface area contributed by atoms with Crippen LogP contribution in [0, 0.1) is 5.92 Å². The standard InChI is InChI=1S/C17H25BrN2O2.ClH/c1-17(19,14-3-5-15(18)6-4-14)16(21)20(2)10-7-13-8-11-22-12-9-13;/h3-6,13H,7-12,19H2,1-2H3;1H. The van der Waals surface area contributed by atoms with E-state index < -0.39 is 5.54 Å². The monoisotopic (exact) mass is 404 g/mol. The smallest absolute Gasteiger partial charge is 0.246 e. The Labute approximate surface area is 153 Å². The van der Waals surface area contributed by atoms with Gasteiger partial charge in [-0.25, -0.2) is 0 Å². The van der Waals surface area contributed by atoms with Crippen LogP contribution in [0.25, 0.3) is 0 Å². The first kappa shape index (κ1) is 20.4. The largest absolute Gasteiger partial charge is 0.381 e. The van der Waals surface area contributed by atoms with E-state index in [1.807, 2.05) is 31.3 Å². The van der Waals surface area contributed by atoms with E-state index in [9.17, 15) is 4.79 Å². The van der Waals surface area contributed by atoms with Crippen LogP contribution in [-0.2, 0) is 15.1 Å². The molecule has 1 heterocycles. The molecule has 1 aromatic carbocycles. The molecule has 0 bridgehead atoms. The van der Waals surface area contributed by atoms with E-state index in [1.54, 1.807) is 11.8 Å². The van der Waals surface area contributed by atoms with Gasteiger partial charge in [-0.05, 0) is 49.8 Å². The number of hydrogen-bond acceptors (Lipinski definition) is 3. The van der Waals surface area contributed by atoms with Gasteiger partial charge in [-0.2, -0.15) is 0 Å². The van der Waals surface area contributed by atoms with Crippen molar-refractivity contribution < 1.29 is 9.53 Å². The Kier molecular flexibility index (Phi) is 8.01. The maximum atomic E-state index is 12.7. The lowest BCUT2D eigenvalue weighted by atomic mass is 9.91. The minimum absolute atomic E-state index is 0.